The molecule has 1 aromatic rings. The second-order valence-corrected chi connectivity index (χ2v) is 6.42. The Hall–Kier alpha value is -1.28. The number of halogens is 3. The Morgan fingerprint density at radius 3 is 2.22 bits per heavy atom. The van der Waals surface area contributed by atoms with Crippen molar-refractivity contribution in [3.05, 3.63) is 23.8 Å². The fraction of sp³-hybridized carbons (Fsp3) is 0.538. The summed E-state index contributed by atoms with van der Waals surface area (Å²) < 4.78 is 68.8. The van der Waals surface area contributed by atoms with Gasteiger partial charge >= 0.3 is 14.0 Å². The minimum absolute atomic E-state index is 0.0273. The van der Waals surface area contributed by atoms with Gasteiger partial charge in [-0.15, -0.1) is 13.2 Å². The molecule has 0 spiro atoms. The van der Waals surface area contributed by atoms with E-state index < -0.39 is 25.5 Å². The maximum absolute atomic E-state index is 12.7. The summed E-state index contributed by atoms with van der Waals surface area (Å²) in [4.78, 5) is 0. The molecule has 0 bridgehead atoms. The van der Waals surface area contributed by atoms with E-state index in [1.807, 2.05) is 0 Å². The maximum atomic E-state index is 12.7. The molecule has 0 aliphatic carbocycles. The van der Waals surface area contributed by atoms with Crippen molar-refractivity contribution in [2.75, 3.05) is 20.3 Å². The first-order valence-corrected chi connectivity index (χ1v) is 8.36. The zero-order chi connectivity index (χ0) is 17.7. The molecule has 0 unspecified atom stereocenters. The molecule has 0 fully saturated rings. The highest BCUT2D eigenvalue weighted by molar-refractivity contribution is 7.54. The molecular weight excluding hydrogens is 338 g/mol. The smallest absolute Gasteiger partial charge is 0.496 e. The largest absolute Gasteiger partial charge is 0.573 e. The summed E-state index contributed by atoms with van der Waals surface area (Å²) in [5.41, 5.74) is 5.95. The Labute approximate surface area is 132 Å². The van der Waals surface area contributed by atoms with Crippen LogP contribution in [0.15, 0.2) is 18.2 Å². The van der Waals surface area contributed by atoms with Gasteiger partial charge in [0, 0.05) is 5.56 Å². The predicted molar refractivity (Wildman–Crippen MR) is 77.5 cm³/mol. The maximum Gasteiger partial charge on any atom is 0.573 e. The van der Waals surface area contributed by atoms with Crippen molar-refractivity contribution in [1.29, 1.82) is 0 Å². The van der Waals surface area contributed by atoms with Crippen LogP contribution < -0.4 is 15.2 Å². The van der Waals surface area contributed by atoms with Gasteiger partial charge in [0.2, 0.25) is 0 Å². The van der Waals surface area contributed by atoms with Crippen molar-refractivity contribution >= 4 is 7.60 Å². The van der Waals surface area contributed by atoms with Crippen LogP contribution in [0.5, 0.6) is 11.5 Å². The molecule has 1 atom stereocenters. The summed E-state index contributed by atoms with van der Waals surface area (Å²) in [6, 6.07) is 3.30. The standard InChI is InChI=1S/C13H19F3NO5P/c1-4-20-23(18,21-5-2)12(17)10-8-9(22-13(14,15)16)6-7-11(10)19-3/h6-8,12H,4-5,17H2,1-3H3/t12-/m0/s1. The quantitative estimate of drug-likeness (QED) is 0.713. The van der Waals surface area contributed by atoms with Gasteiger partial charge in [0.1, 0.15) is 17.3 Å². The van der Waals surface area contributed by atoms with Crippen LogP contribution in [0.3, 0.4) is 0 Å². The molecule has 132 valence electrons. The molecule has 0 saturated carbocycles. The second kappa shape index (κ2) is 8.01. The van der Waals surface area contributed by atoms with E-state index >= 15 is 0 Å². The van der Waals surface area contributed by atoms with E-state index in [4.69, 9.17) is 19.5 Å². The summed E-state index contributed by atoms with van der Waals surface area (Å²) in [7, 11) is -2.47. The van der Waals surface area contributed by atoms with E-state index in [1.54, 1.807) is 13.8 Å². The number of hydrogen-bond donors (Lipinski definition) is 1. The van der Waals surface area contributed by atoms with Gasteiger partial charge in [-0.25, -0.2) is 0 Å². The highest BCUT2D eigenvalue weighted by Crippen LogP contribution is 2.59. The van der Waals surface area contributed by atoms with Crippen LogP contribution in [0.25, 0.3) is 0 Å². The molecular formula is C13H19F3NO5P. The van der Waals surface area contributed by atoms with E-state index in [2.05, 4.69) is 4.74 Å². The number of rotatable bonds is 8. The summed E-state index contributed by atoms with van der Waals surface area (Å²) in [6.07, 6.45) is -4.86. The van der Waals surface area contributed by atoms with Gasteiger partial charge in [-0.1, -0.05) is 0 Å². The first-order valence-electron chi connectivity index (χ1n) is 6.75. The van der Waals surface area contributed by atoms with Crippen molar-refractivity contribution in [2.45, 2.75) is 26.0 Å². The summed E-state index contributed by atoms with van der Waals surface area (Å²) in [6.45, 7) is 3.32. The van der Waals surface area contributed by atoms with Gasteiger partial charge in [-0.05, 0) is 32.0 Å². The lowest BCUT2D eigenvalue weighted by atomic mass is 10.2. The molecule has 2 N–H and O–H groups in total. The summed E-state index contributed by atoms with van der Waals surface area (Å²) >= 11 is 0. The van der Waals surface area contributed by atoms with E-state index in [0.717, 1.165) is 12.1 Å². The number of benzene rings is 1. The Morgan fingerprint density at radius 2 is 1.78 bits per heavy atom. The van der Waals surface area contributed by atoms with Crippen molar-refractivity contribution in [3.8, 4) is 11.5 Å². The van der Waals surface area contributed by atoms with Crippen LogP contribution in [-0.2, 0) is 13.6 Å². The number of nitrogens with two attached hydrogens (primary N) is 1. The van der Waals surface area contributed by atoms with Crippen LogP contribution in [0.4, 0.5) is 13.2 Å². The van der Waals surface area contributed by atoms with E-state index in [1.165, 1.54) is 13.2 Å². The molecule has 10 heteroatoms. The Kier molecular flexibility index (Phi) is 6.88. The molecule has 23 heavy (non-hydrogen) atoms. The summed E-state index contributed by atoms with van der Waals surface area (Å²) in [5, 5.41) is 0. The van der Waals surface area contributed by atoms with E-state index in [0.29, 0.717) is 0 Å². The molecule has 0 heterocycles. The highest BCUT2D eigenvalue weighted by atomic mass is 31.2. The number of alkyl halides is 3. The molecule has 1 aromatic carbocycles. The van der Waals surface area contributed by atoms with Crippen molar-refractivity contribution in [1.82, 2.24) is 0 Å². The van der Waals surface area contributed by atoms with Crippen LogP contribution in [0.2, 0.25) is 0 Å². The molecule has 1 rings (SSSR count). The topological polar surface area (TPSA) is 80.0 Å². The lowest BCUT2D eigenvalue weighted by molar-refractivity contribution is -0.274. The van der Waals surface area contributed by atoms with Crippen LogP contribution in [-0.4, -0.2) is 26.7 Å². The first kappa shape index (κ1) is 19.8. The molecule has 0 saturated heterocycles. The minimum Gasteiger partial charge on any atom is -0.496 e. The predicted octanol–water partition coefficient (Wildman–Crippen LogP) is 3.82. The fourth-order valence-corrected chi connectivity index (χ4v) is 3.53. The van der Waals surface area contributed by atoms with Gasteiger partial charge in [0.05, 0.1) is 20.3 Å². The third-order valence-electron chi connectivity index (χ3n) is 2.71. The second-order valence-electron chi connectivity index (χ2n) is 4.27. The van der Waals surface area contributed by atoms with Crippen LogP contribution >= 0.6 is 7.60 Å². The molecule has 0 amide bonds. The molecule has 6 nitrogen and oxygen atoms in total. The molecule has 0 aromatic heterocycles. The van der Waals surface area contributed by atoms with Crippen molar-refractivity contribution in [3.63, 3.8) is 0 Å². The van der Waals surface area contributed by atoms with E-state index in [-0.39, 0.29) is 24.5 Å². The highest BCUT2D eigenvalue weighted by Gasteiger charge is 2.37. The number of ether oxygens (including phenoxy) is 2. The average molecular weight is 357 g/mol. The minimum atomic E-state index is -4.86. The zero-order valence-corrected chi connectivity index (χ0v) is 13.8. The van der Waals surface area contributed by atoms with Gasteiger partial charge < -0.3 is 24.3 Å². The molecule has 0 radical (unpaired) electrons. The number of methoxy groups -OCH3 is 1. The van der Waals surface area contributed by atoms with Gasteiger partial charge in [0.15, 0.2) is 0 Å². The Bertz CT molecular complexity index is 557. The van der Waals surface area contributed by atoms with Crippen LogP contribution in [0.1, 0.15) is 25.2 Å². The van der Waals surface area contributed by atoms with Gasteiger partial charge in [-0.2, -0.15) is 0 Å². The van der Waals surface area contributed by atoms with Crippen molar-refractivity contribution in [2.24, 2.45) is 5.73 Å². The fourth-order valence-electron chi connectivity index (χ4n) is 1.87. The van der Waals surface area contributed by atoms with Crippen molar-refractivity contribution < 1.29 is 36.3 Å². The SMILES string of the molecule is CCOP(=O)(OCC)[C@H](N)c1cc(OC(F)(F)F)ccc1OC. The van der Waals surface area contributed by atoms with Gasteiger partial charge in [0.25, 0.3) is 0 Å². The van der Waals surface area contributed by atoms with E-state index in [9.17, 15) is 17.7 Å². The van der Waals surface area contributed by atoms with Crippen LogP contribution in [0, 0.1) is 0 Å². The Morgan fingerprint density at radius 1 is 1.22 bits per heavy atom. The summed E-state index contributed by atoms with van der Waals surface area (Å²) in [5.74, 6) is -1.69. The molecule has 0 aliphatic rings. The lowest BCUT2D eigenvalue weighted by Crippen LogP contribution is -2.19. The first-order chi connectivity index (χ1) is 10.7. The number of hydrogen-bond acceptors (Lipinski definition) is 6. The van der Waals surface area contributed by atoms with Gasteiger partial charge in [-0.3, -0.25) is 4.57 Å². The Balaban J connectivity index is 3.26. The third-order valence-corrected chi connectivity index (χ3v) is 4.91. The normalized spacial score (nSPS) is 13.7. The molecule has 0 aliphatic heterocycles. The zero-order valence-electron chi connectivity index (χ0n) is 12.9. The monoisotopic (exact) mass is 357 g/mol. The lowest BCUT2D eigenvalue weighted by Gasteiger charge is -2.25. The third kappa shape index (κ3) is 5.39. The average Bonchev–Trinajstić information content (AvgIpc) is 2.45.